The van der Waals surface area contributed by atoms with Crippen molar-refractivity contribution in [3.8, 4) is 0 Å². The first-order valence-electron chi connectivity index (χ1n) is 6.21. The quantitative estimate of drug-likeness (QED) is 0.686. The number of hydrogen-bond donors (Lipinski definition) is 2. The van der Waals surface area contributed by atoms with Gasteiger partial charge in [0, 0.05) is 6.42 Å². The Morgan fingerprint density at radius 1 is 1.35 bits per heavy atom. The van der Waals surface area contributed by atoms with Gasteiger partial charge >= 0.3 is 5.97 Å². The van der Waals surface area contributed by atoms with E-state index in [0.717, 1.165) is 0 Å². The molecule has 0 radical (unpaired) electrons. The molecular formula is C13H19NO5S. The zero-order valence-electron chi connectivity index (χ0n) is 11.3. The zero-order valence-corrected chi connectivity index (χ0v) is 12.1. The lowest BCUT2D eigenvalue weighted by molar-refractivity contribution is -0.140. The van der Waals surface area contributed by atoms with Crippen LogP contribution in [0.25, 0.3) is 0 Å². The van der Waals surface area contributed by atoms with Crippen molar-refractivity contribution in [2.24, 2.45) is 0 Å². The molecule has 1 rings (SSSR count). The van der Waals surface area contributed by atoms with Gasteiger partial charge in [0.1, 0.15) is 0 Å². The summed E-state index contributed by atoms with van der Waals surface area (Å²) in [4.78, 5) is 10.9. The first-order valence-corrected chi connectivity index (χ1v) is 7.86. The van der Waals surface area contributed by atoms with Crippen molar-refractivity contribution < 1.29 is 23.1 Å². The molecule has 1 aromatic carbocycles. The molecule has 0 unspecified atom stereocenters. The number of carbonyl (C=O) groups is 1. The number of aliphatic hydroxyl groups excluding tert-OH is 1. The van der Waals surface area contributed by atoms with Gasteiger partial charge in [0.15, 0.2) is 0 Å². The fourth-order valence-corrected chi connectivity index (χ4v) is 2.97. The lowest BCUT2D eigenvalue weighted by atomic mass is 10.1. The molecule has 2 N–H and O–H groups in total. The van der Waals surface area contributed by atoms with Crippen molar-refractivity contribution in [2.75, 3.05) is 19.5 Å². The van der Waals surface area contributed by atoms with E-state index in [1.54, 1.807) is 24.3 Å². The maximum atomic E-state index is 11.9. The molecule has 7 heteroatoms. The van der Waals surface area contributed by atoms with Crippen molar-refractivity contribution in [1.29, 1.82) is 0 Å². The predicted molar refractivity (Wildman–Crippen MR) is 74.4 cm³/mol. The van der Waals surface area contributed by atoms with Crippen LogP contribution in [0.15, 0.2) is 30.3 Å². The number of methoxy groups -OCH3 is 1. The fraction of sp³-hybridized carbons (Fsp3) is 0.462. The Balaban J connectivity index is 2.58. The maximum absolute atomic E-state index is 11.9. The zero-order chi connectivity index (χ0) is 15.0. The second-order valence-electron chi connectivity index (χ2n) is 4.26. The second-order valence-corrected chi connectivity index (χ2v) is 6.14. The van der Waals surface area contributed by atoms with Crippen molar-refractivity contribution in [2.45, 2.75) is 18.9 Å². The van der Waals surface area contributed by atoms with E-state index >= 15 is 0 Å². The van der Waals surface area contributed by atoms with E-state index in [1.807, 2.05) is 6.07 Å². The molecule has 0 aliphatic rings. The minimum Gasteiger partial charge on any atom is -0.469 e. The number of rotatable bonds is 8. The average Bonchev–Trinajstić information content (AvgIpc) is 2.45. The Labute approximate surface area is 118 Å². The summed E-state index contributed by atoms with van der Waals surface area (Å²) in [5.74, 6) is -0.632. The van der Waals surface area contributed by atoms with E-state index in [4.69, 9.17) is 0 Å². The van der Waals surface area contributed by atoms with Gasteiger partial charge in [-0.2, -0.15) is 0 Å². The molecule has 0 aliphatic heterocycles. The average molecular weight is 301 g/mol. The van der Waals surface area contributed by atoms with Crippen LogP contribution in [0.4, 0.5) is 0 Å². The van der Waals surface area contributed by atoms with Gasteiger partial charge in [-0.25, -0.2) is 13.1 Å². The maximum Gasteiger partial charge on any atom is 0.305 e. The standard InChI is InChI=1S/C13H19NO5S/c1-19-13(16)8-5-9-20(17,18)14-12(10-15)11-6-3-2-4-7-11/h2-4,6-7,12,14-15H,5,8-10H2,1H3/t12-/m0/s1. The summed E-state index contributed by atoms with van der Waals surface area (Å²) in [7, 11) is -2.31. The SMILES string of the molecule is COC(=O)CCCS(=O)(=O)N[C@@H](CO)c1ccccc1. The Bertz CT molecular complexity index is 515. The summed E-state index contributed by atoms with van der Waals surface area (Å²) >= 11 is 0. The van der Waals surface area contributed by atoms with Gasteiger partial charge in [0.05, 0.1) is 25.5 Å². The van der Waals surface area contributed by atoms with E-state index in [-0.39, 0.29) is 25.2 Å². The van der Waals surface area contributed by atoms with Gasteiger partial charge in [-0.3, -0.25) is 4.79 Å². The smallest absolute Gasteiger partial charge is 0.305 e. The Morgan fingerprint density at radius 3 is 2.55 bits per heavy atom. The highest BCUT2D eigenvalue weighted by Crippen LogP contribution is 2.13. The summed E-state index contributed by atoms with van der Waals surface area (Å²) < 4.78 is 30.6. The molecule has 0 spiro atoms. The Hall–Kier alpha value is -1.44. The van der Waals surface area contributed by atoms with E-state index < -0.39 is 22.0 Å². The number of ether oxygens (including phenoxy) is 1. The van der Waals surface area contributed by atoms with Crippen molar-refractivity contribution in [3.05, 3.63) is 35.9 Å². The molecule has 0 amide bonds. The molecule has 1 aromatic rings. The van der Waals surface area contributed by atoms with Gasteiger partial charge in [-0.1, -0.05) is 30.3 Å². The molecule has 112 valence electrons. The van der Waals surface area contributed by atoms with E-state index in [2.05, 4.69) is 9.46 Å². The largest absolute Gasteiger partial charge is 0.469 e. The van der Waals surface area contributed by atoms with E-state index in [9.17, 15) is 18.3 Å². The number of nitrogens with one attached hydrogen (secondary N) is 1. The lowest BCUT2D eigenvalue weighted by Gasteiger charge is -2.16. The number of esters is 1. The summed E-state index contributed by atoms with van der Waals surface area (Å²) in [6.07, 6.45) is 0.224. The first kappa shape index (κ1) is 16.6. The highest BCUT2D eigenvalue weighted by Gasteiger charge is 2.18. The van der Waals surface area contributed by atoms with Crippen LogP contribution in [0.2, 0.25) is 0 Å². The number of benzene rings is 1. The molecule has 0 heterocycles. The first-order chi connectivity index (χ1) is 9.48. The third-order valence-corrected chi connectivity index (χ3v) is 4.20. The molecule has 0 aromatic heterocycles. The second kappa shape index (κ2) is 7.98. The van der Waals surface area contributed by atoms with Crippen LogP contribution >= 0.6 is 0 Å². The van der Waals surface area contributed by atoms with Gasteiger partial charge in [-0.15, -0.1) is 0 Å². The number of hydrogen-bond acceptors (Lipinski definition) is 5. The monoisotopic (exact) mass is 301 g/mol. The molecule has 0 saturated carbocycles. The summed E-state index contributed by atoms with van der Waals surface area (Å²) in [6, 6.07) is 8.13. The van der Waals surface area contributed by atoms with Gasteiger partial charge < -0.3 is 9.84 Å². The summed E-state index contributed by atoms with van der Waals surface area (Å²) in [6.45, 7) is -0.333. The lowest BCUT2D eigenvalue weighted by Crippen LogP contribution is -2.32. The van der Waals surface area contributed by atoms with Gasteiger partial charge in [0.25, 0.3) is 0 Å². The number of carbonyl (C=O) groups excluding carboxylic acids is 1. The van der Waals surface area contributed by atoms with Crippen molar-refractivity contribution in [1.82, 2.24) is 4.72 Å². The van der Waals surface area contributed by atoms with Crippen LogP contribution in [0.1, 0.15) is 24.4 Å². The minimum atomic E-state index is -3.56. The Morgan fingerprint density at radius 2 is 2.00 bits per heavy atom. The van der Waals surface area contributed by atoms with Crippen molar-refractivity contribution >= 4 is 16.0 Å². The van der Waals surface area contributed by atoms with Crippen LogP contribution in [0.3, 0.4) is 0 Å². The molecular weight excluding hydrogens is 282 g/mol. The number of aliphatic hydroxyl groups is 1. The van der Waals surface area contributed by atoms with Crippen LogP contribution in [0, 0.1) is 0 Å². The number of sulfonamides is 1. The molecule has 6 nitrogen and oxygen atoms in total. The molecule has 0 aliphatic carbocycles. The van der Waals surface area contributed by atoms with Gasteiger partial charge in [-0.05, 0) is 12.0 Å². The fourth-order valence-electron chi connectivity index (χ4n) is 1.68. The topological polar surface area (TPSA) is 92.7 Å². The third kappa shape index (κ3) is 5.68. The highest BCUT2D eigenvalue weighted by atomic mass is 32.2. The molecule has 1 atom stereocenters. The van der Waals surface area contributed by atoms with Crippen LogP contribution in [-0.4, -0.2) is 39.0 Å². The minimum absolute atomic E-state index is 0.0482. The molecule has 0 saturated heterocycles. The normalized spacial score (nSPS) is 12.9. The molecule has 20 heavy (non-hydrogen) atoms. The summed E-state index contributed by atoms with van der Waals surface area (Å²) in [5.41, 5.74) is 0.687. The third-order valence-electron chi connectivity index (χ3n) is 2.73. The predicted octanol–water partition coefficient (Wildman–Crippen LogP) is 0.593. The van der Waals surface area contributed by atoms with Crippen LogP contribution in [-0.2, 0) is 19.6 Å². The summed E-state index contributed by atoms with van der Waals surface area (Å²) in [5, 5.41) is 9.29. The van der Waals surface area contributed by atoms with E-state index in [0.29, 0.717) is 5.56 Å². The van der Waals surface area contributed by atoms with Gasteiger partial charge in [0.2, 0.25) is 10.0 Å². The molecule has 0 bridgehead atoms. The van der Waals surface area contributed by atoms with Crippen molar-refractivity contribution in [3.63, 3.8) is 0 Å². The Kier molecular flexibility index (Phi) is 6.63. The van der Waals surface area contributed by atoms with Crippen LogP contribution in [0.5, 0.6) is 0 Å². The highest BCUT2D eigenvalue weighted by molar-refractivity contribution is 7.89. The van der Waals surface area contributed by atoms with E-state index in [1.165, 1.54) is 7.11 Å². The van der Waals surface area contributed by atoms with Crippen LogP contribution < -0.4 is 4.72 Å². The molecule has 0 fully saturated rings.